The summed E-state index contributed by atoms with van der Waals surface area (Å²) >= 11 is 0. The van der Waals surface area contributed by atoms with Crippen LogP contribution in [0.25, 0.3) is 0 Å². The van der Waals surface area contributed by atoms with Crippen LogP contribution in [0, 0.1) is 5.82 Å². The van der Waals surface area contributed by atoms with Crippen LogP contribution in [0.1, 0.15) is 18.9 Å². The molecule has 1 fully saturated rings. The largest absolute Gasteiger partial charge is 0.494 e. The molecule has 8 heteroatoms. The van der Waals surface area contributed by atoms with Gasteiger partial charge >= 0.3 is 0 Å². The molecule has 0 radical (unpaired) electrons. The number of morpholine rings is 1. The number of sulfonamides is 1. The van der Waals surface area contributed by atoms with E-state index in [1.54, 1.807) is 0 Å². The van der Waals surface area contributed by atoms with Gasteiger partial charge in [0.05, 0.1) is 24.7 Å². The van der Waals surface area contributed by atoms with Crippen molar-refractivity contribution in [3.05, 3.63) is 59.9 Å². The van der Waals surface area contributed by atoms with Gasteiger partial charge in [0.15, 0.2) is 0 Å². The van der Waals surface area contributed by atoms with Gasteiger partial charge in [0.25, 0.3) is 0 Å². The molecule has 1 aliphatic rings. The van der Waals surface area contributed by atoms with Gasteiger partial charge in [0.2, 0.25) is 10.0 Å². The van der Waals surface area contributed by atoms with Gasteiger partial charge in [-0.1, -0.05) is 12.1 Å². The molecule has 2 aromatic carbocycles. The van der Waals surface area contributed by atoms with Crippen LogP contribution < -0.4 is 4.74 Å². The average molecular weight is 437 g/mol. The molecule has 164 valence electrons. The molecule has 0 saturated carbocycles. The number of hydrogen-bond donors (Lipinski definition) is 0. The van der Waals surface area contributed by atoms with Gasteiger partial charge in [-0.05, 0) is 61.9 Å². The summed E-state index contributed by atoms with van der Waals surface area (Å²) in [5.74, 6) is 0.292. The molecule has 2 aromatic rings. The normalized spacial score (nSPS) is 15.4. The summed E-state index contributed by atoms with van der Waals surface area (Å²) in [4.78, 5) is 2.38. The zero-order valence-electron chi connectivity index (χ0n) is 17.3. The first-order valence-electron chi connectivity index (χ1n) is 10.3. The van der Waals surface area contributed by atoms with Crippen molar-refractivity contribution in [3.8, 4) is 5.75 Å². The maximum atomic E-state index is 13.3. The molecule has 1 heterocycles. The first-order chi connectivity index (χ1) is 14.5. The van der Waals surface area contributed by atoms with E-state index in [4.69, 9.17) is 9.47 Å². The SMILES string of the molecule is CCOc1ccc(CN(CCCN2CCOCC2)S(=O)(=O)c2ccc(F)cc2)cc1. The van der Waals surface area contributed by atoms with Crippen LogP contribution in [0.4, 0.5) is 4.39 Å². The molecule has 0 aliphatic carbocycles. The maximum absolute atomic E-state index is 13.3. The van der Waals surface area contributed by atoms with Crippen LogP contribution >= 0.6 is 0 Å². The highest BCUT2D eigenvalue weighted by atomic mass is 32.2. The molecule has 3 rings (SSSR count). The Bertz CT molecular complexity index is 882. The minimum atomic E-state index is -3.75. The van der Waals surface area contributed by atoms with Crippen LogP contribution in [0.2, 0.25) is 0 Å². The summed E-state index contributed by atoms with van der Waals surface area (Å²) in [6.45, 7) is 7.08. The lowest BCUT2D eigenvalue weighted by molar-refractivity contribution is 0.0368. The van der Waals surface area contributed by atoms with Crippen molar-refractivity contribution >= 4 is 10.0 Å². The molecule has 0 N–H and O–H groups in total. The molecule has 1 saturated heterocycles. The van der Waals surface area contributed by atoms with E-state index in [0.717, 1.165) is 30.9 Å². The van der Waals surface area contributed by atoms with Crippen LogP contribution in [-0.2, 0) is 21.3 Å². The lowest BCUT2D eigenvalue weighted by Crippen LogP contribution is -2.39. The molecule has 0 bridgehead atoms. The average Bonchev–Trinajstić information content (AvgIpc) is 2.75. The van der Waals surface area contributed by atoms with Crippen molar-refractivity contribution in [2.75, 3.05) is 46.0 Å². The molecular formula is C22H29FN2O4S. The molecule has 0 amide bonds. The predicted octanol–water partition coefficient (Wildman–Crippen LogP) is 3.14. The minimum Gasteiger partial charge on any atom is -0.494 e. The number of halogens is 1. The van der Waals surface area contributed by atoms with Gasteiger partial charge in [-0.3, -0.25) is 4.90 Å². The van der Waals surface area contributed by atoms with Gasteiger partial charge in [0, 0.05) is 26.2 Å². The summed E-state index contributed by atoms with van der Waals surface area (Å²) in [6, 6.07) is 12.4. The summed E-state index contributed by atoms with van der Waals surface area (Å²) in [7, 11) is -3.75. The van der Waals surface area contributed by atoms with Crippen molar-refractivity contribution in [2.24, 2.45) is 0 Å². The number of ether oxygens (including phenoxy) is 2. The monoisotopic (exact) mass is 436 g/mol. The van der Waals surface area contributed by atoms with Crippen LogP contribution in [0.15, 0.2) is 53.4 Å². The van der Waals surface area contributed by atoms with Gasteiger partial charge < -0.3 is 9.47 Å². The standard InChI is InChI=1S/C22H29FN2O4S/c1-2-29-21-8-4-19(5-9-21)18-25(13-3-12-24-14-16-28-17-15-24)30(26,27)22-10-6-20(23)7-11-22/h4-11H,2-3,12-18H2,1H3. The third-order valence-corrected chi connectivity index (χ3v) is 6.89. The van der Waals surface area contributed by atoms with Gasteiger partial charge in [-0.15, -0.1) is 0 Å². The predicted molar refractivity (Wildman–Crippen MR) is 113 cm³/mol. The Kier molecular flexibility index (Phi) is 8.21. The zero-order chi connectivity index (χ0) is 21.4. The lowest BCUT2D eigenvalue weighted by atomic mass is 10.2. The summed E-state index contributed by atoms with van der Waals surface area (Å²) in [5, 5.41) is 0. The Labute approximate surface area is 178 Å². The maximum Gasteiger partial charge on any atom is 0.243 e. The molecular weight excluding hydrogens is 407 g/mol. The molecule has 0 aromatic heterocycles. The van der Waals surface area contributed by atoms with E-state index < -0.39 is 15.8 Å². The van der Waals surface area contributed by atoms with Crippen molar-refractivity contribution in [1.29, 1.82) is 0 Å². The highest BCUT2D eigenvalue weighted by Gasteiger charge is 2.25. The molecule has 0 unspecified atom stereocenters. The quantitative estimate of drug-likeness (QED) is 0.573. The van der Waals surface area contributed by atoms with Gasteiger partial charge in [-0.25, -0.2) is 12.8 Å². The van der Waals surface area contributed by atoms with E-state index in [9.17, 15) is 12.8 Å². The number of nitrogens with zero attached hydrogens (tertiary/aromatic N) is 2. The Hall–Kier alpha value is -2.00. The van der Waals surface area contributed by atoms with Crippen LogP contribution in [0.3, 0.4) is 0 Å². The van der Waals surface area contributed by atoms with Crippen LogP contribution in [0.5, 0.6) is 5.75 Å². The lowest BCUT2D eigenvalue weighted by Gasteiger charge is -2.28. The van der Waals surface area contributed by atoms with E-state index in [2.05, 4.69) is 4.90 Å². The second kappa shape index (κ2) is 10.9. The van der Waals surface area contributed by atoms with Crippen molar-refractivity contribution in [3.63, 3.8) is 0 Å². The number of benzene rings is 2. The van der Waals surface area contributed by atoms with Gasteiger partial charge in [0.1, 0.15) is 11.6 Å². The Morgan fingerprint density at radius 1 is 1.07 bits per heavy atom. The molecule has 0 spiro atoms. The van der Waals surface area contributed by atoms with E-state index in [1.165, 1.54) is 28.6 Å². The molecule has 30 heavy (non-hydrogen) atoms. The van der Waals surface area contributed by atoms with E-state index in [1.807, 2.05) is 31.2 Å². The van der Waals surface area contributed by atoms with E-state index in [-0.39, 0.29) is 11.4 Å². The Morgan fingerprint density at radius 3 is 2.37 bits per heavy atom. The van der Waals surface area contributed by atoms with Crippen molar-refractivity contribution in [2.45, 2.75) is 24.8 Å². The van der Waals surface area contributed by atoms with Crippen LogP contribution in [-0.4, -0.2) is 63.6 Å². The van der Waals surface area contributed by atoms with E-state index >= 15 is 0 Å². The highest BCUT2D eigenvalue weighted by molar-refractivity contribution is 7.89. The minimum absolute atomic E-state index is 0.0983. The summed E-state index contributed by atoms with van der Waals surface area (Å²) in [5.41, 5.74) is 0.871. The van der Waals surface area contributed by atoms with Crippen molar-refractivity contribution in [1.82, 2.24) is 9.21 Å². The van der Waals surface area contributed by atoms with E-state index in [0.29, 0.717) is 32.8 Å². The second-order valence-corrected chi connectivity index (χ2v) is 9.11. The number of rotatable bonds is 10. The third-order valence-electron chi connectivity index (χ3n) is 5.03. The fourth-order valence-corrected chi connectivity index (χ4v) is 4.86. The fraction of sp³-hybridized carbons (Fsp3) is 0.455. The van der Waals surface area contributed by atoms with Crippen molar-refractivity contribution < 1.29 is 22.3 Å². The fourth-order valence-electron chi connectivity index (χ4n) is 3.40. The molecule has 1 aliphatic heterocycles. The zero-order valence-corrected chi connectivity index (χ0v) is 18.1. The summed E-state index contributed by atoms with van der Waals surface area (Å²) < 4.78 is 52.1. The molecule has 0 atom stereocenters. The highest BCUT2D eigenvalue weighted by Crippen LogP contribution is 2.21. The van der Waals surface area contributed by atoms with Gasteiger partial charge in [-0.2, -0.15) is 4.31 Å². The topological polar surface area (TPSA) is 59.1 Å². The first-order valence-corrected chi connectivity index (χ1v) is 11.7. The third kappa shape index (κ3) is 6.25. The first kappa shape index (κ1) is 22.7. The Balaban J connectivity index is 1.73. The second-order valence-electron chi connectivity index (χ2n) is 7.18. The smallest absolute Gasteiger partial charge is 0.243 e. The summed E-state index contributed by atoms with van der Waals surface area (Å²) in [6.07, 6.45) is 0.706. The Morgan fingerprint density at radius 2 is 1.73 bits per heavy atom. The number of hydrogen-bond acceptors (Lipinski definition) is 5. The molecule has 6 nitrogen and oxygen atoms in total.